The van der Waals surface area contributed by atoms with Gasteiger partial charge in [-0.3, -0.25) is 4.79 Å². The number of fused-ring (bicyclic) bond motifs is 1. The summed E-state index contributed by atoms with van der Waals surface area (Å²) in [6.45, 7) is 1.93. The first kappa shape index (κ1) is 18.0. The number of carbonyl (C=O) groups is 1. The molecule has 0 radical (unpaired) electrons. The lowest BCUT2D eigenvalue weighted by atomic mass is 9.84. The van der Waals surface area contributed by atoms with Crippen LogP contribution in [0.25, 0.3) is 10.8 Å². The molecular weight excluding hydrogens is 344 g/mol. The summed E-state index contributed by atoms with van der Waals surface area (Å²) in [6.07, 6.45) is 0.584. The maximum absolute atomic E-state index is 13.4. The molecule has 28 heavy (non-hydrogen) atoms. The first-order valence-electron chi connectivity index (χ1n) is 9.48. The van der Waals surface area contributed by atoms with Gasteiger partial charge in [0, 0.05) is 0 Å². The number of phenolic OH excluding ortho intramolecular Hbond substituents is 1. The summed E-state index contributed by atoms with van der Waals surface area (Å²) in [5, 5.41) is 12.6. The van der Waals surface area contributed by atoms with E-state index in [1.807, 2.05) is 55.5 Å². The van der Waals surface area contributed by atoms with Crippen LogP contribution in [-0.4, -0.2) is 10.9 Å². The van der Waals surface area contributed by atoms with Crippen LogP contribution < -0.4 is 0 Å². The molecule has 0 heterocycles. The number of benzene rings is 4. The number of hydrogen-bond donors (Lipinski definition) is 1. The SMILES string of the molecule is Cc1ccc(O)c(C(=O)C(Cc2ccc3ccccc3c2)c2ccccc2)c1. The minimum absolute atomic E-state index is 0.0371. The minimum Gasteiger partial charge on any atom is -0.507 e. The summed E-state index contributed by atoms with van der Waals surface area (Å²) < 4.78 is 0. The van der Waals surface area contributed by atoms with Crippen molar-refractivity contribution in [3.63, 3.8) is 0 Å². The van der Waals surface area contributed by atoms with E-state index in [1.54, 1.807) is 12.1 Å². The first-order valence-corrected chi connectivity index (χ1v) is 9.48. The Balaban J connectivity index is 1.75. The Kier molecular flexibility index (Phi) is 4.94. The number of aromatic hydroxyl groups is 1. The first-order chi connectivity index (χ1) is 13.6. The summed E-state index contributed by atoms with van der Waals surface area (Å²) in [4.78, 5) is 13.4. The number of phenols is 1. The van der Waals surface area contributed by atoms with E-state index < -0.39 is 0 Å². The van der Waals surface area contributed by atoms with Crippen molar-refractivity contribution in [3.8, 4) is 5.75 Å². The monoisotopic (exact) mass is 366 g/mol. The average Bonchev–Trinajstić information content (AvgIpc) is 2.74. The molecule has 2 nitrogen and oxygen atoms in total. The zero-order chi connectivity index (χ0) is 19.5. The standard InChI is InChI=1S/C26H22O2/c1-18-11-14-25(27)24(15-18)26(28)23(21-8-3-2-4-9-21)17-19-12-13-20-7-5-6-10-22(20)16-19/h2-16,23,27H,17H2,1H3. The Hall–Kier alpha value is -3.39. The van der Waals surface area contributed by atoms with Gasteiger partial charge in [0.15, 0.2) is 5.78 Å². The van der Waals surface area contributed by atoms with E-state index in [2.05, 4.69) is 30.3 Å². The zero-order valence-corrected chi connectivity index (χ0v) is 15.8. The second kappa shape index (κ2) is 7.69. The van der Waals surface area contributed by atoms with E-state index in [9.17, 15) is 9.90 Å². The Morgan fingerprint density at radius 2 is 1.54 bits per heavy atom. The molecule has 1 unspecified atom stereocenters. The summed E-state index contributed by atoms with van der Waals surface area (Å²) in [7, 11) is 0. The van der Waals surface area contributed by atoms with Crippen LogP contribution in [0.4, 0.5) is 0 Å². The smallest absolute Gasteiger partial charge is 0.174 e. The fourth-order valence-electron chi connectivity index (χ4n) is 3.68. The number of rotatable bonds is 5. The van der Waals surface area contributed by atoms with E-state index in [-0.39, 0.29) is 17.5 Å². The fraction of sp³-hybridized carbons (Fsp3) is 0.115. The predicted octanol–water partition coefficient (Wildman–Crippen LogP) is 6.06. The van der Waals surface area contributed by atoms with Gasteiger partial charge in [-0.15, -0.1) is 0 Å². The van der Waals surface area contributed by atoms with Gasteiger partial charge >= 0.3 is 0 Å². The molecule has 1 atom stereocenters. The van der Waals surface area contributed by atoms with Gasteiger partial charge in [0.1, 0.15) is 5.75 Å². The number of Topliss-reactive ketones (excluding diaryl/α,β-unsaturated/α-hetero) is 1. The molecular formula is C26H22O2. The van der Waals surface area contributed by atoms with E-state index in [4.69, 9.17) is 0 Å². The van der Waals surface area contributed by atoms with Crippen molar-refractivity contribution >= 4 is 16.6 Å². The van der Waals surface area contributed by atoms with Crippen LogP contribution in [0.15, 0.2) is 91.0 Å². The third-order valence-electron chi connectivity index (χ3n) is 5.19. The van der Waals surface area contributed by atoms with Gasteiger partial charge in [0.25, 0.3) is 0 Å². The number of aryl methyl sites for hydroxylation is 1. The third-order valence-corrected chi connectivity index (χ3v) is 5.19. The van der Waals surface area contributed by atoms with Crippen molar-refractivity contribution in [2.75, 3.05) is 0 Å². The van der Waals surface area contributed by atoms with Gasteiger partial charge in [-0.1, -0.05) is 84.4 Å². The molecule has 2 heteroatoms. The molecule has 0 fully saturated rings. The molecule has 138 valence electrons. The fourth-order valence-corrected chi connectivity index (χ4v) is 3.68. The molecule has 0 saturated heterocycles. The highest BCUT2D eigenvalue weighted by molar-refractivity contribution is 6.03. The number of ketones is 1. The van der Waals surface area contributed by atoms with Crippen LogP contribution >= 0.6 is 0 Å². The molecule has 0 amide bonds. The van der Waals surface area contributed by atoms with Gasteiger partial charge in [0.05, 0.1) is 11.5 Å². The summed E-state index contributed by atoms with van der Waals surface area (Å²) in [5.41, 5.74) is 3.41. The second-order valence-electron chi connectivity index (χ2n) is 7.23. The molecule has 1 N–H and O–H groups in total. The third kappa shape index (κ3) is 3.67. The Bertz CT molecular complexity index is 1130. The highest BCUT2D eigenvalue weighted by atomic mass is 16.3. The van der Waals surface area contributed by atoms with Crippen LogP contribution in [0, 0.1) is 6.92 Å². The molecule has 0 aliphatic carbocycles. The highest BCUT2D eigenvalue weighted by Crippen LogP contribution is 2.30. The maximum Gasteiger partial charge on any atom is 0.174 e. The maximum atomic E-state index is 13.4. The van der Waals surface area contributed by atoms with Crippen LogP contribution in [0.2, 0.25) is 0 Å². The molecule has 0 aromatic heterocycles. The van der Waals surface area contributed by atoms with Gasteiger partial charge in [0.2, 0.25) is 0 Å². The topological polar surface area (TPSA) is 37.3 Å². The Morgan fingerprint density at radius 1 is 0.821 bits per heavy atom. The Morgan fingerprint density at radius 3 is 2.32 bits per heavy atom. The van der Waals surface area contributed by atoms with Crippen LogP contribution in [-0.2, 0) is 6.42 Å². The van der Waals surface area contributed by atoms with Crippen LogP contribution in [0.5, 0.6) is 5.75 Å². The lowest BCUT2D eigenvalue weighted by molar-refractivity contribution is 0.0956. The lowest BCUT2D eigenvalue weighted by Crippen LogP contribution is -2.16. The van der Waals surface area contributed by atoms with Crippen LogP contribution in [0.3, 0.4) is 0 Å². The summed E-state index contributed by atoms with van der Waals surface area (Å²) in [6, 6.07) is 29.6. The summed E-state index contributed by atoms with van der Waals surface area (Å²) in [5.74, 6) is -0.370. The predicted molar refractivity (Wildman–Crippen MR) is 114 cm³/mol. The van der Waals surface area contributed by atoms with Crippen molar-refractivity contribution in [2.45, 2.75) is 19.3 Å². The molecule has 0 saturated carbocycles. The van der Waals surface area contributed by atoms with Crippen molar-refractivity contribution < 1.29 is 9.90 Å². The molecule has 0 spiro atoms. The second-order valence-corrected chi connectivity index (χ2v) is 7.23. The normalized spacial score (nSPS) is 12.0. The average molecular weight is 366 g/mol. The quantitative estimate of drug-likeness (QED) is 0.436. The van der Waals surface area contributed by atoms with Gasteiger partial charge in [-0.05, 0) is 47.4 Å². The van der Waals surface area contributed by atoms with E-state index >= 15 is 0 Å². The molecule has 4 aromatic rings. The van der Waals surface area contributed by atoms with E-state index in [1.165, 1.54) is 5.39 Å². The number of carbonyl (C=O) groups excluding carboxylic acids is 1. The van der Waals surface area contributed by atoms with E-state index in [0.717, 1.165) is 22.1 Å². The van der Waals surface area contributed by atoms with Crippen LogP contribution in [0.1, 0.15) is 33.0 Å². The number of hydrogen-bond acceptors (Lipinski definition) is 2. The lowest BCUT2D eigenvalue weighted by Gasteiger charge is -2.18. The van der Waals surface area contributed by atoms with Crippen molar-refractivity contribution in [1.29, 1.82) is 0 Å². The minimum atomic E-state index is -0.352. The Labute approximate surface area is 165 Å². The summed E-state index contributed by atoms with van der Waals surface area (Å²) >= 11 is 0. The molecule has 4 aromatic carbocycles. The van der Waals surface area contributed by atoms with Gasteiger partial charge in [-0.25, -0.2) is 0 Å². The van der Waals surface area contributed by atoms with Gasteiger partial charge < -0.3 is 5.11 Å². The zero-order valence-electron chi connectivity index (χ0n) is 15.8. The van der Waals surface area contributed by atoms with Crippen molar-refractivity contribution in [2.24, 2.45) is 0 Å². The van der Waals surface area contributed by atoms with Crippen molar-refractivity contribution in [1.82, 2.24) is 0 Å². The van der Waals surface area contributed by atoms with Gasteiger partial charge in [-0.2, -0.15) is 0 Å². The molecule has 0 bridgehead atoms. The molecule has 0 aliphatic rings. The van der Waals surface area contributed by atoms with Crippen molar-refractivity contribution in [3.05, 3.63) is 113 Å². The molecule has 0 aliphatic heterocycles. The highest BCUT2D eigenvalue weighted by Gasteiger charge is 2.25. The van der Waals surface area contributed by atoms with E-state index in [0.29, 0.717) is 12.0 Å². The largest absolute Gasteiger partial charge is 0.507 e. The molecule has 4 rings (SSSR count).